The predicted octanol–water partition coefficient (Wildman–Crippen LogP) is 4.04. The summed E-state index contributed by atoms with van der Waals surface area (Å²) < 4.78 is 0. The normalized spacial score (nSPS) is 36.1. The van der Waals surface area contributed by atoms with Crippen molar-refractivity contribution >= 4 is 0 Å². The molecule has 2 nitrogen and oxygen atoms in total. The molecule has 1 saturated heterocycles. The molecular weight excluding hydrogens is 244 g/mol. The van der Waals surface area contributed by atoms with Crippen LogP contribution in [0.25, 0.3) is 0 Å². The maximum Gasteiger partial charge on any atom is 0.0339 e. The Hall–Kier alpha value is -0.0800. The third-order valence-corrected chi connectivity index (χ3v) is 5.80. The highest BCUT2D eigenvalue weighted by atomic mass is 15.2. The smallest absolute Gasteiger partial charge is 0.0339 e. The summed E-state index contributed by atoms with van der Waals surface area (Å²) >= 11 is 0. The van der Waals surface area contributed by atoms with Crippen LogP contribution in [0.4, 0.5) is 0 Å². The number of hydrogen-bond acceptors (Lipinski definition) is 2. The molecule has 0 aromatic heterocycles. The maximum atomic E-state index is 6.30. The van der Waals surface area contributed by atoms with Gasteiger partial charge in [0.05, 0.1) is 0 Å². The van der Waals surface area contributed by atoms with Crippen LogP contribution in [-0.2, 0) is 0 Å². The standard InChI is InChI=1S/C18H36N2/c1-5-6-16-7-9-20(10-8-16)18(14-19)12-15(2)11-17(3,4)13-18/h15-16H,5-14,19H2,1-4H3. The van der Waals surface area contributed by atoms with Crippen molar-refractivity contribution in [2.45, 2.75) is 78.2 Å². The molecule has 1 aliphatic carbocycles. The minimum absolute atomic E-state index is 0.290. The van der Waals surface area contributed by atoms with Gasteiger partial charge in [0.25, 0.3) is 0 Å². The van der Waals surface area contributed by atoms with Crippen molar-refractivity contribution in [2.75, 3.05) is 19.6 Å². The minimum atomic E-state index is 0.290. The van der Waals surface area contributed by atoms with Gasteiger partial charge in [-0.25, -0.2) is 0 Å². The Kier molecular flexibility index (Phi) is 5.18. The topological polar surface area (TPSA) is 29.3 Å². The lowest BCUT2D eigenvalue weighted by Crippen LogP contribution is -2.60. The lowest BCUT2D eigenvalue weighted by Gasteiger charge is -2.54. The highest BCUT2D eigenvalue weighted by Crippen LogP contribution is 2.47. The van der Waals surface area contributed by atoms with Crippen molar-refractivity contribution in [3.63, 3.8) is 0 Å². The molecule has 0 aromatic rings. The van der Waals surface area contributed by atoms with E-state index in [2.05, 4.69) is 32.6 Å². The quantitative estimate of drug-likeness (QED) is 0.842. The minimum Gasteiger partial charge on any atom is -0.329 e. The van der Waals surface area contributed by atoms with E-state index in [-0.39, 0.29) is 0 Å². The Balaban J connectivity index is 2.04. The number of hydrogen-bond donors (Lipinski definition) is 1. The molecule has 0 radical (unpaired) electrons. The van der Waals surface area contributed by atoms with Gasteiger partial charge in [0.1, 0.15) is 0 Å². The molecule has 0 aromatic carbocycles. The fraction of sp³-hybridized carbons (Fsp3) is 1.00. The van der Waals surface area contributed by atoms with E-state index in [1.54, 1.807) is 0 Å². The summed E-state index contributed by atoms with van der Waals surface area (Å²) in [6, 6.07) is 0. The summed E-state index contributed by atoms with van der Waals surface area (Å²) in [5, 5.41) is 0. The highest BCUT2D eigenvalue weighted by molar-refractivity contribution is 5.02. The van der Waals surface area contributed by atoms with Crippen molar-refractivity contribution in [2.24, 2.45) is 23.0 Å². The number of nitrogens with zero attached hydrogens (tertiary/aromatic N) is 1. The van der Waals surface area contributed by atoms with E-state index in [0.29, 0.717) is 11.0 Å². The molecule has 1 saturated carbocycles. The molecule has 1 aliphatic heterocycles. The number of rotatable bonds is 4. The first-order valence-electron chi connectivity index (χ1n) is 8.86. The largest absolute Gasteiger partial charge is 0.329 e. The maximum absolute atomic E-state index is 6.30. The summed E-state index contributed by atoms with van der Waals surface area (Å²) in [6.45, 7) is 13.0. The van der Waals surface area contributed by atoms with E-state index < -0.39 is 0 Å². The highest BCUT2D eigenvalue weighted by Gasteiger charge is 2.46. The first kappa shape index (κ1) is 16.3. The average Bonchev–Trinajstić information content (AvgIpc) is 2.37. The van der Waals surface area contributed by atoms with E-state index in [9.17, 15) is 0 Å². The lowest BCUT2D eigenvalue weighted by atomic mass is 9.63. The van der Waals surface area contributed by atoms with E-state index in [0.717, 1.165) is 18.4 Å². The molecule has 2 unspecified atom stereocenters. The van der Waals surface area contributed by atoms with Crippen LogP contribution < -0.4 is 5.73 Å². The second-order valence-electron chi connectivity index (χ2n) is 8.50. The first-order chi connectivity index (χ1) is 9.41. The fourth-order valence-corrected chi connectivity index (χ4v) is 5.33. The van der Waals surface area contributed by atoms with Crippen LogP contribution in [0.1, 0.15) is 72.6 Å². The van der Waals surface area contributed by atoms with Crippen molar-refractivity contribution in [3.8, 4) is 0 Å². The molecule has 2 atom stereocenters. The van der Waals surface area contributed by atoms with Gasteiger partial charge in [-0.3, -0.25) is 4.90 Å². The molecule has 20 heavy (non-hydrogen) atoms. The van der Waals surface area contributed by atoms with Gasteiger partial charge in [-0.05, 0) is 62.4 Å². The van der Waals surface area contributed by atoms with Crippen LogP contribution in [0.5, 0.6) is 0 Å². The summed E-state index contributed by atoms with van der Waals surface area (Å²) in [7, 11) is 0. The Labute approximate surface area is 126 Å². The zero-order chi connectivity index (χ0) is 14.8. The van der Waals surface area contributed by atoms with E-state index >= 15 is 0 Å². The first-order valence-corrected chi connectivity index (χ1v) is 8.86. The molecule has 1 heterocycles. The van der Waals surface area contributed by atoms with E-state index in [4.69, 9.17) is 5.73 Å². The Morgan fingerprint density at radius 1 is 1.15 bits per heavy atom. The van der Waals surface area contributed by atoms with Gasteiger partial charge in [-0.15, -0.1) is 0 Å². The summed E-state index contributed by atoms with van der Waals surface area (Å²) in [5.41, 5.74) is 7.05. The molecule has 2 rings (SSSR count). The van der Waals surface area contributed by atoms with Crippen molar-refractivity contribution < 1.29 is 0 Å². The van der Waals surface area contributed by atoms with Crippen LogP contribution in [0.2, 0.25) is 0 Å². The zero-order valence-corrected chi connectivity index (χ0v) is 14.3. The molecule has 2 N–H and O–H groups in total. The van der Waals surface area contributed by atoms with Crippen LogP contribution in [0, 0.1) is 17.3 Å². The molecule has 118 valence electrons. The Morgan fingerprint density at radius 2 is 1.80 bits per heavy atom. The van der Waals surface area contributed by atoms with Gasteiger partial charge < -0.3 is 5.73 Å². The van der Waals surface area contributed by atoms with Crippen molar-refractivity contribution in [1.29, 1.82) is 0 Å². The zero-order valence-electron chi connectivity index (χ0n) is 14.3. The fourth-order valence-electron chi connectivity index (χ4n) is 5.33. The summed E-state index contributed by atoms with van der Waals surface area (Å²) in [4.78, 5) is 2.77. The lowest BCUT2D eigenvalue weighted by molar-refractivity contribution is -0.0292. The summed E-state index contributed by atoms with van der Waals surface area (Å²) in [6.07, 6.45) is 9.52. The van der Waals surface area contributed by atoms with Crippen LogP contribution in [0.3, 0.4) is 0 Å². The van der Waals surface area contributed by atoms with Crippen LogP contribution >= 0.6 is 0 Å². The monoisotopic (exact) mass is 280 g/mol. The van der Waals surface area contributed by atoms with E-state index in [1.807, 2.05) is 0 Å². The molecule has 2 heteroatoms. The Morgan fingerprint density at radius 3 is 2.30 bits per heavy atom. The second-order valence-corrected chi connectivity index (χ2v) is 8.50. The SMILES string of the molecule is CCCC1CCN(C2(CN)CC(C)CC(C)(C)C2)CC1. The van der Waals surface area contributed by atoms with Crippen LogP contribution in [-0.4, -0.2) is 30.1 Å². The van der Waals surface area contributed by atoms with Crippen LogP contribution in [0.15, 0.2) is 0 Å². The van der Waals surface area contributed by atoms with Gasteiger partial charge in [0, 0.05) is 12.1 Å². The predicted molar refractivity (Wildman–Crippen MR) is 87.8 cm³/mol. The number of piperidine rings is 1. The average molecular weight is 280 g/mol. The van der Waals surface area contributed by atoms with Gasteiger partial charge in [0.15, 0.2) is 0 Å². The molecule has 2 aliphatic rings. The van der Waals surface area contributed by atoms with Gasteiger partial charge in [-0.2, -0.15) is 0 Å². The number of nitrogens with two attached hydrogens (primary N) is 1. The molecule has 2 fully saturated rings. The van der Waals surface area contributed by atoms with E-state index in [1.165, 1.54) is 58.0 Å². The summed E-state index contributed by atoms with van der Waals surface area (Å²) in [5.74, 6) is 1.79. The molecule has 0 spiro atoms. The molecule has 0 amide bonds. The van der Waals surface area contributed by atoms with Crippen molar-refractivity contribution in [3.05, 3.63) is 0 Å². The van der Waals surface area contributed by atoms with Gasteiger partial charge in [0.2, 0.25) is 0 Å². The third kappa shape index (κ3) is 3.57. The molecule has 0 bridgehead atoms. The van der Waals surface area contributed by atoms with Gasteiger partial charge in [-0.1, -0.05) is 40.5 Å². The van der Waals surface area contributed by atoms with Crippen molar-refractivity contribution in [1.82, 2.24) is 4.90 Å². The second kappa shape index (κ2) is 6.36. The number of likely N-dealkylation sites (tertiary alicyclic amines) is 1. The Bertz CT molecular complexity index is 305. The third-order valence-electron chi connectivity index (χ3n) is 5.80. The molecular formula is C18H36N2. The van der Waals surface area contributed by atoms with Gasteiger partial charge >= 0.3 is 0 Å².